The van der Waals surface area contributed by atoms with Crippen LogP contribution in [-0.2, 0) is 19.2 Å². The minimum atomic E-state index is -0.757. The molecular formula is C31H24BrNO6. The molecule has 0 bridgehead atoms. The number of anilines is 1. The van der Waals surface area contributed by atoms with Gasteiger partial charge in [0.1, 0.15) is 11.5 Å². The normalized spacial score (nSPS) is 26.1. The molecule has 3 aliphatic carbocycles. The smallest absolute Gasteiger partial charge is 0.238 e. The van der Waals surface area contributed by atoms with Crippen molar-refractivity contribution in [3.8, 4) is 11.5 Å². The average molecular weight is 586 g/mol. The molecule has 39 heavy (non-hydrogen) atoms. The molecule has 4 aliphatic rings. The van der Waals surface area contributed by atoms with E-state index in [0.717, 1.165) is 11.1 Å². The van der Waals surface area contributed by atoms with Crippen molar-refractivity contribution in [3.05, 3.63) is 93.5 Å². The van der Waals surface area contributed by atoms with E-state index >= 15 is 0 Å². The van der Waals surface area contributed by atoms with Gasteiger partial charge in [0.2, 0.25) is 11.8 Å². The summed E-state index contributed by atoms with van der Waals surface area (Å²) in [6.07, 6.45) is 5.33. The van der Waals surface area contributed by atoms with Crippen molar-refractivity contribution < 1.29 is 29.0 Å². The maximum Gasteiger partial charge on any atom is 0.238 e. The van der Waals surface area contributed by atoms with E-state index in [1.165, 1.54) is 24.2 Å². The summed E-state index contributed by atoms with van der Waals surface area (Å²) in [7, 11) is 1.50. The zero-order valence-corrected chi connectivity index (χ0v) is 22.6. The van der Waals surface area contributed by atoms with Crippen LogP contribution in [-0.4, -0.2) is 35.6 Å². The number of ketones is 2. The summed E-state index contributed by atoms with van der Waals surface area (Å²) in [6, 6.07) is 11.8. The van der Waals surface area contributed by atoms with Crippen LogP contribution in [0.2, 0.25) is 0 Å². The molecule has 1 saturated heterocycles. The van der Waals surface area contributed by atoms with Crippen LogP contribution in [0.5, 0.6) is 11.5 Å². The number of Topliss-reactive ketones (excluding diaryl/α,β-unsaturated/α-hetero) is 1. The molecule has 7 nitrogen and oxygen atoms in total. The van der Waals surface area contributed by atoms with E-state index < -0.39 is 23.7 Å². The van der Waals surface area contributed by atoms with Gasteiger partial charge in [-0.3, -0.25) is 24.1 Å². The van der Waals surface area contributed by atoms with Gasteiger partial charge >= 0.3 is 0 Å². The quantitative estimate of drug-likeness (QED) is 0.307. The monoisotopic (exact) mass is 585 g/mol. The lowest BCUT2D eigenvalue weighted by Gasteiger charge is -2.42. The van der Waals surface area contributed by atoms with Gasteiger partial charge in [-0.25, -0.2) is 0 Å². The highest BCUT2D eigenvalue weighted by molar-refractivity contribution is 9.12. The molecule has 4 atom stereocenters. The van der Waals surface area contributed by atoms with Crippen LogP contribution in [0, 0.1) is 17.8 Å². The predicted octanol–water partition coefficient (Wildman–Crippen LogP) is 5.01. The van der Waals surface area contributed by atoms with Crippen LogP contribution >= 0.6 is 15.9 Å². The Labute approximate surface area is 233 Å². The molecule has 2 amide bonds. The number of amides is 2. The Bertz CT molecular complexity index is 1580. The number of phenols is 1. The molecule has 0 radical (unpaired) electrons. The van der Waals surface area contributed by atoms with Crippen LogP contribution in [0.4, 0.5) is 5.69 Å². The first-order valence-corrected chi connectivity index (χ1v) is 13.4. The van der Waals surface area contributed by atoms with Gasteiger partial charge in [0.15, 0.2) is 11.6 Å². The molecule has 2 aromatic rings. The largest absolute Gasteiger partial charge is 0.508 e. The number of halogens is 1. The zero-order chi connectivity index (χ0) is 27.6. The van der Waals surface area contributed by atoms with Crippen LogP contribution in [0.1, 0.15) is 29.9 Å². The van der Waals surface area contributed by atoms with Gasteiger partial charge in [-0.1, -0.05) is 36.4 Å². The number of carbonyl (C=O) groups excluding carboxylic acids is 4. The van der Waals surface area contributed by atoms with Crippen molar-refractivity contribution >= 4 is 51.1 Å². The highest BCUT2D eigenvalue weighted by Gasteiger charge is 2.56. The summed E-state index contributed by atoms with van der Waals surface area (Å²) in [5.41, 5.74) is 3.12. The first-order chi connectivity index (χ1) is 18.7. The molecule has 1 fully saturated rings. The number of phenolic OH excluding ortho intramolecular Hbond substituents is 1. The lowest BCUT2D eigenvalue weighted by Crippen LogP contribution is -2.39. The number of carbonyl (C=O) groups is 4. The number of imide groups is 1. The predicted molar refractivity (Wildman–Crippen MR) is 148 cm³/mol. The van der Waals surface area contributed by atoms with Gasteiger partial charge in [0, 0.05) is 28.7 Å². The molecule has 1 aliphatic heterocycles. The third kappa shape index (κ3) is 3.77. The summed E-state index contributed by atoms with van der Waals surface area (Å²) in [4.78, 5) is 55.4. The second-order valence-corrected chi connectivity index (χ2v) is 11.0. The third-order valence-corrected chi connectivity index (χ3v) is 8.85. The fourth-order valence-electron chi connectivity index (χ4n) is 6.47. The Kier molecular flexibility index (Phi) is 6.03. The van der Waals surface area contributed by atoms with E-state index in [1.54, 1.807) is 42.5 Å². The van der Waals surface area contributed by atoms with Crippen LogP contribution < -0.4 is 9.64 Å². The number of aromatic hydroxyl groups is 1. The summed E-state index contributed by atoms with van der Waals surface area (Å²) in [6.45, 7) is 3.75. The molecule has 196 valence electrons. The fraction of sp³-hybridized carbons (Fsp3) is 0.226. The van der Waals surface area contributed by atoms with Crippen molar-refractivity contribution in [2.24, 2.45) is 17.8 Å². The SMILES string of the molecule is C=Cc1ccc(N2C(=O)C3CC=C4C(c5cc(OC)ccc5O)C5=C(CC4C3C2=O)C(=O)C(Br)=CC5=O)cc1. The number of ether oxygens (including phenoxy) is 1. The number of fused-ring (bicyclic) bond motifs is 3. The molecule has 1 N–H and O–H groups in total. The van der Waals surface area contributed by atoms with Crippen LogP contribution in [0.15, 0.2) is 82.4 Å². The summed E-state index contributed by atoms with van der Waals surface area (Å²) >= 11 is 3.22. The van der Waals surface area contributed by atoms with Crippen LogP contribution in [0.3, 0.4) is 0 Å². The van der Waals surface area contributed by atoms with Crippen molar-refractivity contribution in [2.75, 3.05) is 12.0 Å². The maximum atomic E-state index is 13.9. The minimum absolute atomic E-state index is 0.0528. The van der Waals surface area contributed by atoms with E-state index in [9.17, 15) is 24.3 Å². The molecule has 0 aromatic heterocycles. The second kappa shape index (κ2) is 9.31. The number of hydrogen-bond acceptors (Lipinski definition) is 6. The summed E-state index contributed by atoms with van der Waals surface area (Å²) in [5.74, 6) is -3.37. The highest BCUT2D eigenvalue weighted by atomic mass is 79.9. The standard InChI is InChI=1S/C31H24BrNO6/c1-3-15-4-6-16(7-5-15)33-30(37)19-10-9-18-20(27(19)31(33)38)13-22-28(25(35)14-23(32)29(22)36)26(18)21-12-17(39-2)8-11-24(21)34/h3-9,11-12,14,19-20,26-27,34H,1,10,13H2,2H3. The van der Waals surface area contributed by atoms with E-state index in [2.05, 4.69) is 22.5 Å². The Morgan fingerprint density at radius 2 is 1.79 bits per heavy atom. The van der Waals surface area contributed by atoms with Crippen molar-refractivity contribution in [1.29, 1.82) is 0 Å². The number of nitrogens with zero attached hydrogens (tertiary/aromatic N) is 1. The Balaban J connectivity index is 1.49. The minimum Gasteiger partial charge on any atom is -0.508 e. The van der Waals surface area contributed by atoms with Gasteiger partial charge < -0.3 is 9.84 Å². The van der Waals surface area contributed by atoms with E-state index in [-0.39, 0.29) is 40.0 Å². The number of methoxy groups -OCH3 is 1. The summed E-state index contributed by atoms with van der Waals surface area (Å²) < 4.78 is 5.54. The molecule has 0 spiro atoms. The lowest BCUT2D eigenvalue weighted by molar-refractivity contribution is -0.123. The number of rotatable bonds is 4. The number of benzene rings is 2. The van der Waals surface area contributed by atoms with Crippen molar-refractivity contribution in [1.82, 2.24) is 0 Å². The van der Waals surface area contributed by atoms with Crippen LogP contribution in [0.25, 0.3) is 6.08 Å². The van der Waals surface area contributed by atoms with E-state index in [1.807, 2.05) is 6.08 Å². The van der Waals surface area contributed by atoms with E-state index in [0.29, 0.717) is 34.6 Å². The lowest BCUT2D eigenvalue weighted by atomic mass is 9.59. The number of hydrogen-bond donors (Lipinski definition) is 1. The van der Waals surface area contributed by atoms with Gasteiger partial charge in [-0.15, -0.1) is 0 Å². The van der Waals surface area contributed by atoms with Crippen molar-refractivity contribution in [2.45, 2.75) is 18.8 Å². The van der Waals surface area contributed by atoms with Crippen molar-refractivity contribution in [3.63, 3.8) is 0 Å². The maximum absolute atomic E-state index is 13.9. The summed E-state index contributed by atoms with van der Waals surface area (Å²) in [5, 5.41) is 10.9. The van der Waals surface area contributed by atoms with Gasteiger partial charge in [-0.05, 0) is 70.6 Å². The van der Waals surface area contributed by atoms with Gasteiger partial charge in [0.05, 0.1) is 29.1 Å². The van der Waals surface area contributed by atoms with Gasteiger partial charge in [-0.2, -0.15) is 0 Å². The highest BCUT2D eigenvalue weighted by Crippen LogP contribution is 2.56. The topological polar surface area (TPSA) is 101 Å². The Morgan fingerprint density at radius 1 is 1.05 bits per heavy atom. The Hall–Kier alpha value is -4.04. The number of allylic oxidation sites excluding steroid dienone is 6. The van der Waals surface area contributed by atoms with E-state index in [4.69, 9.17) is 4.74 Å². The second-order valence-electron chi connectivity index (χ2n) is 10.1. The fourth-order valence-corrected chi connectivity index (χ4v) is 6.91. The molecule has 6 rings (SSSR count). The molecule has 0 saturated carbocycles. The average Bonchev–Trinajstić information content (AvgIpc) is 3.20. The molecule has 8 heteroatoms. The molecule has 1 heterocycles. The molecule has 2 aromatic carbocycles. The molecule has 4 unspecified atom stereocenters. The molecular weight excluding hydrogens is 562 g/mol. The third-order valence-electron chi connectivity index (χ3n) is 8.26. The first kappa shape index (κ1) is 25.2. The van der Waals surface area contributed by atoms with Gasteiger partial charge in [0.25, 0.3) is 0 Å². The Morgan fingerprint density at radius 3 is 2.49 bits per heavy atom. The first-order valence-electron chi connectivity index (χ1n) is 12.6. The zero-order valence-electron chi connectivity index (χ0n) is 21.0.